The Balaban J connectivity index is 1.56. The van der Waals surface area contributed by atoms with Gasteiger partial charge in [-0.2, -0.15) is 0 Å². The van der Waals surface area contributed by atoms with Crippen LogP contribution in [0.4, 0.5) is 5.69 Å². The van der Waals surface area contributed by atoms with Crippen molar-refractivity contribution in [3.05, 3.63) is 60.3 Å². The number of carbonyl (C=O) groups excluding carboxylic acids is 1. The molecule has 0 spiro atoms. The minimum Gasteiger partial charge on any atom is -0.493 e. The van der Waals surface area contributed by atoms with E-state index in [0.29, 0.717) is 12.2 Å². The molecule has 4 rings (SSSR count). The van der Waals surface area contributed by atoms with Gasteiger partial charge in [-0.1, -0.05) is 29.8 Å². The van der Waals surface area contributed by atoms with Crippen LogP contribution in [0.15, 0.2) is 69.9 Å². The Hall–Kier alpha value is -3.19. The second-order valence-electron chi connectivity index (χ2n) is 6.65. The Bertz CT molecular complexity index is 1240. The molecule has 2 heterocycles. The summed E-state index contributed by atoms with van der Waals surface area (Å²) in [6.07, 6.45) is 1.74. The predicted molar refractivity (Wildman–Crippen MR) is 116 cm³/mol. The van der Waals surface area contributed by atoms with Crippen molar-refractivity contribution >= 4 is 45.2 Å². The molecule has 0 aliphatic heterocycles. The number of hydrogen-bond acceptors (Lipinski definition) is 5. The third kappa shape index (κ3) is 3.73. The number of aromatic nitrogens is 2. The SMILES string of the molecule is CCn1c(O)c(N=NC(=O)CSc2cccc3cccnc23)c2cc(C)ccc21. The number of amides is 1. The minimum absolute atomic E-state index is 0.0237. The van der Waals surface area contributed by atoms with Crippen molar-refractivity contribution in [2.45, 2.75) is 25.3 Å². The molecule has 0 aliphatic carbocycles. The second-order valence-corrected chi connectivity index (χ2v) is 7.67. The molecule has 0 atom stereocenters. The van der Waals surface area contributed by atoms with Crippen molar-refractivity contribution < 1.29 is 9.90 Å². The predicted octanol–water partition coefficient (Wildman–Crippen LogP) is 5.63. The number of rotatable bonds is 5. The molecule has 0 aliphatic rings. The maximum atomic E-state index is 12.3. The molecule has 146 valence electrons. The van der Waals surface area contributed by atoms with Crippen LogP contribution in [-0.4, -0.2) is 26.3 Å². The summed E-state index contributed by atoms with van der Waals surface area (Å²) in [4.78, 5) is 17.6. The van der Waals surface area contributed by atoms with Crippen molar-refractivity contribution in [1.82, 2.24) is 9.55 Å². The summed E-state index contributed by atoms with van der Waals surface area (Å²) in [7, 11) is 0. The van der Waals surface area contributed by atoms with Gasteiger partial charge in [0.1, 0.15) is 0 Å². The van der Waals surface area contributed by atoms with Crippen LogP contribution in [0.3, 0.4) is 0 Å². The maximum Gasteiger partial charge on any atom is 0.274 e. The molecule has 0 fully saturated rings. The Morgan fingerprint density at radius 3 is 2.86 bits per heavy atom. The number of aromatic hydroxyl groups is 1. The summed E-state index contributed by atoms with van der Waals surface area (Å²) in [5, 5.41) is 20.3. The summed E-state index contributed by atoms with van der Waals surface area (Å²) in [5.74, 6) is -0.200. The van der Waals surface area contributed by atoms with E-state index < -0.39 is 0 Å². The number of nitrogens with zero attached hydrogens (tertiary/aromatic N) is 4. The average Bonchev–Trinajstić information content (AvgIpc) is 3.00. The van der Waals surface area contributed by atoms with Gasteiger partial charge in [-0.3, -0.25) is 9.78 Å². The molecule has 1 N–H and O–H groups in total. The van der Waals surface area contributed by atoms with Crippen LogP contribution in [0.5, 0.6) is 5.88 Å². The molecule has 7 heteroatoms. The van der Waals surface area contributed by atoms with Crippen LogP contribution in [-0.2, 0) is 11.3 Å². The molecular formula is C22H20N4O2S. The summed E-state index contributed by atoms with van der Waals surface area (Å²) in [6.45, 7) is 4.51. The van der Waals surface area contributed by atoms with Gasteiger partial charge in [0, 0.05) is 28.4 Å². The number of aryl methyl sites for hydroxylation is 2. The maximum absolute atomic E-state index is 12.3. The van der Waals surface area contributed by atoms with Gasteiger partial charge in [0.2, 0.25) is 5.88 Å². The van der Waals surface area contributed by atoms with Crippen LogP contribution < -0.4 is 0 Å². The number of hydrogen-bond donors (Lipinski definition) is 1. The van der Waals surface area contributed by atoms with Crippen molar-refractivity contribution in [2.24, 2.45) is 10.2 Å². The Morgan fingerprint density at radius 2 is 2.03 bits per heavy atom. The number of fused-ring (bicyclic) bond motifs is 2. The third-order valence-corrected chi connectivity index (χ3v) is 5.72. The average molecular weight is 404 g/mol. The van der Waals surface area contributed by atoms with Crippen molar-refractivity contribution in [3.63, 3.8) is 0 Å². The highest BCUT2D eigenvalue weighted by molar-refractivity contribution is 8.00. The van der Waals surface area contributed by atoms with E-state index in [1.807, 2.05) is 62.4 Å². The molecular weight excluding hydrogens is 384 g/mol. The lowest BCUT2D eigenvalue weighted by atomic mass is 10.1. The van der Waals surface area contributed by atoms with Gasteiger partial charge in [-0.15, -0.1) is 22.0 Å². The van der Waals surface area contributed by atoms with Crippen molar-refractivity contribution in [2.75, 3.05) is 5.75 Å². The Morgan fingerprint density at radius 1 is 1.21 bits per heavy atom. The number of azo groups is 1. The van der Waals surface area contributed by atoms with E-state index >= 15 is 0 Å². The monoisotopic (exact) mass is 404 g/mol. The largest absolute Gasteiger partial charge is 0.493 e. The molecule has 0 unspecified atom stereocenters. The Labute approximate surface area is 172 Å². The molecule has 4 aromatic rings. The van der Waals surface area contributed by atoms with E-state index in [4.69, 9.17) is 0 Å². The fourth-order valence-corrected chi connectivity index (χ4v) is 4.14. The van der Waals surface area contributed by atoms with Crippen LogP contribution in [0, 0.1) is 6.92 Å². The lowest BCUT2D eigenvalue weighted by Gasteiger charge is -2.03. The number of thioether (sulfide) groups is 1. The summed E-state index contributed by atoms with van der Waals surface area (Å²) in [6, 6.07) is 15.6. The highest BCUT2D eigenvalue weighted by Gasteiger charge is 2.16. The molecule has 0 saturated carbocycles. The molecule has 2 aromatic heterocycles. The first-order valence-electron chi connectivity index (χ1n) is 9.31. The number of para-hydroxylation sites is 1. The van der Waals surface area contributed by atoms with E-state index in [2.05, 4.69) is 15.2 Å². The summed E-state index contributed by atoms with van der Waals surface area (Å²) in [5.41, 5.74) is 3.11. The van der Waals surface area contributed by atoms with Crippen molar-refractivity contribution in [3.8, 4) is 5.88 Å². The summed E-state index contributed by atoms with van der Waals surface area (Å²) >= 11 is 1.38. The number of pyridine rings is 1. The third-order valence-electron chi connectivity index (χ3n) is 4.69. The van der Waals surface area contributed by atoms with Crippen LogP contribution in [0.2, 0.25) is 0 Å². The van der Waals surface area contributed by atoms with E-state index in [0.717, 1.165) is 32.3 Å². The van der Waals surface area contributed by atoms with Crippen LogP contribution in [0.1, 0.15) is 12.5 Å². The zero-order chi connectivity index (χ0) is 20.4. The van der Waals surface area contributed by atoms with Gasteiger partial charge >= 0.3 is 0 Å². The molecule has 0 bridgehead atoms. The fraction of sp³-hybridized carbons (Fsp3) is 0.182. The summed E-state index contributed by atoms with van der Waals surface area (Å²) < 4.78 is 1.75. The highest BCUT2D eigenvalue weighted by atomic mass is 32.2. The van der Waals surface area contributed by atoms with Crippen molar-refractivity contribution in [1.29, 1.82) is 0 Å². The van der Waals surface area contributed by atoms with E-state index in [1.165, 1.54) is 11.8 Å². The quantitative estimate of drug-likeness (QED) is 0.345. The molecule has 0 saturated heterocycles. The lowest BCUT2D eigenvalue weighted by Crippen LogP contribution is -1.96. The minimum atomic E-state index is -0.368. The topological polar surface area (TPSA) is 79.8 Å². The van der Waals surface area contributed by atoms with Gasteiger partial charge in [0.05, 0.1) is 16.8 Å². The molecule has 1 amide bonds. The van der Waals surface area contributed by atoms with Gasteiger partial charge in [0.25, 0.3) is 5.91 Å². The normalized spacial score (nSPS) is 11.7. The zero-order valence-corrected chi connectivity index (χ0v) is 17.0. The fourth-order valence-electron chi connectivity index (χ4n) is 3.32. The zero-order valence-electron chi connectivity index (χ0n) is 16.2. The van der Waals surface area contributed by atoms with Gasteiger partial charge < -0.3 is 9.67 Å². The second kappa shape index (κ2) is 8.05. The molecule has 6 nitrogen and oxygen atoms in total. The van der Waals surface area contributed by atoms with Gasteiger partial charge in [0.15, 0.2) is 5.69 Å². The molecule has 0 radical (unpaired) electrons. The number of benzene rings is 2. The van der Waals surface area contributed by atoms with Crippen LogP contribution >= 0.6 is 11.8 Å². The first-order valence-corrected chi connectivity index (χ1v) is 10.3. The lowest BCUT2D eigenvalue weighted by molar-refractivity contribution is -0.115. The molecule has 2 aromatic carbocycles. The standard InChI is InChI=1S/C22H20N4O2S/c1-3-26-17-10-9-14(2)12-16(17)21(22(26)28)25-24-19(27)13-29-18-8-4-6-15-7-5-11-23-20(15)18/h4-12,28H,3,13H2,1-2H3. The first kappa shape index (κ1) is 19.1. The molecule has 29 heavy (non-hydrogen) atoms. The van der Waals surface area contributed by atoms with E-state index in [-0.39, 0.29) is 17.5 Å². The Kier molecular flexibility index (Phi) is 5.31. The number of carbonyl (C=O) groups is 1. The van der Waals surface area contributed by atoms with Crippen LogP contribution in [0.25, 0.3) is 21.8 Å². The first-order chi connectivity index (χ1) is 14.1. The highest BCUT2D eigenvalue weighted by Crippen LogP contribution is 2.39. The van der Waals surface area contributed by atoms with E-state index in [9.17, 15) is 9.90 Å². The smallest absolute Gasteiger partial charge is 0.274 e. The van der Waals surface area contributed by atoms with Gasteiger partial charge in [-0.05, 0) is 38.1 Å². The van der Waals surface area contributed by atoms with Gasteiger partial charge in [-0.25, -0.2) is 0 Å². The van der Waals surface area contributed by atoms with E-state index in [1.54, 1.807) is 10.8 Å².